The van der Waals surface area contributed by atoms with E-state index < -0.39 is 12.0 Å². The number of hydrogen-bond acceptors (Lipinski definition) is 3. The maximum atomic E-state index is 13.1. The topological polar surface area (TPSA) is 59.6 Å². The van der Waals surface area contributed by atoms with Crippen molar-refractivity contribution < 1.29 is 14.3 Å². The zero-order chi connectivity index (χ0) is 19.0. The number of piperazine rings is 1. The summed E-state index contributed by atoms with van der Waals surface area (Å²) in [6.07, 6.45) is 1.79. The molecule has 5 nitrogen and oxygen atoms in total. The van der Waals surface area contributed by atoms with Crippen LogP contribution in [0.2, 0.25) is 0 Å². The quantitative estimate of drug-likeness (QED) is 0.654. The minimum absolute atomic E-state index is 0.255. The first kappa shape index (κ1) is 18.0. The lowest BCUT2D eigenvalue weighted by atomic mass is 10.0. The van der Waals surface area contributed by atoms with Gasteiger partial charge in [-0.25, -0.2) is 4.39 Å². The fourth-order valence-electron chi connectivity index (χ4n) is 3.72. The Morgan fingerprint density at radius 1 is 1.11 bits per heavy atom. The fraction of sp³-hybridized carbons (Fsp3) is 0.250. The predicted molar refractivity (Wildman–Crippen MR) is 107 cm³/mol. The maximum Gasteiger partial charge on any atom is 0.325 e. The minimum Gasteiger partial charge on any atom is -0.480 e. The molecule has 140 valence electrons. The first-order chi connectivity index (χ1) is 13.0. The van der Waals surface area contributed by atoms with Gasteiger partial charge >= 0.3 is 5.97 Å². The van der Waals surface area contributed by atoms with Crippen molar-refractivity contribution in [1.82, 2.24) is 9.88 Å². The number of benzene rings is 2. The number of carboxylic acid groups (broad SMARTS) is 1. The average molecular weight is 432 g/mol. The number of aliphatic carboxylic acids is 1. The van der Waals surface area contributed by atoms with Crippen LogP contribution in [0.5, 0.6) is 0 Å². The molecular weight excluding hydrogens is 413 g/mol. The molecular formula is C20H19BrFN3O2. The van der Waals surface area contributed by atoms with Crippen LogP contribution in [0.15, 0.2) is 53.1 Å². The van der Waals surface area contributed by atoms with Gasteiger partial charge in [0.25, 0.3) is 0 Å². The Morgan fingerprint density at radius 2 is 1.81 bits per heavy atom. The van der Waals surface area contributed by atoms with Gasteiger partial charge in [-0.05, 0) is 36.4 Å². The van der Waals surface area contributed by atoms with Gasteiger partial charge in [-0.15, -0.1) is 0 Å². The van der Waals surface area contributed by atoms with Crippen molar-refractivity contribution in [2.45, 2.75) is 6.04 Å². The lowest BCUT2D eigenvalue weighted by Gasteiger charge is -2.38. The summed E-state index contributed by atoms with van der Waals surface area (Å²) in [5.74, 6) is -1.11. The van der Waals surface area contributed by atoms with Crippen LogP contribution in [0.1, 0.15) is 11.6 Å². The highest BCUT2D eigenvalue weighted by molar-refractivity contribution is 9.10. The van der Waals surface area contributed by atoms with E-state index in [9.17, 15) is 14.3 Å². The third-order valence-corrected chi connectivity index (χ3v) is 5.57. The standard InChI is InChI=1S/C20H19BrFN3O2/c21-13-1-6-16-17(12-23-18(16)11-13)19(20(26)27)25-9-7-24(8-10-25)15-4-2-14(22)3-5-15/h1-6,11-12,19,23H,7-10H2,(H,26,27)/t19-/m0/s1. The molecule has 0 amide bonds. The lowest BCUT2D eigenvalue weighted by molar-refractivity contribution is -0.143. The van der Waals surface area contributed by atoms with Crippen molar-refractivity contribution in [3.05, 3.63) is 64.5 Å². The zero-order valence-corrected chi connectivity index (χ0v) is 16.1. The van der Waals surface area contributed by atoms with Crippen LogP contribution in [-0.2, 0) is 4.79 Å². The Hall–Kier alpha value is -2.38. The molecule has 1 atom stereocenters. The summed E-state index contributed by atoms with van der Waals surface area (Å²) >= 11 is 3.44. The summed E-state index contributed by atoms with van der Waals surface area (Å²) in [4.78, 5) is 19.4. The SMILES string of the molecule is O=C(O)[C@H](c1c[nH]c2cc(Br)ccc12)N1CCN(c2ccc(F)cc2)CC1. The summed E-state index contributed by atoms with van der Waals surface area (Å²) < 4.78 is 14.1. The van der Waals surface area contributed by atoms with E-state index in [0.717, 1.165) is 26.6 Å². The molecule has 2 N–H and O–H groups in total. The molecule has 0 saturated carbocycles. The van der Waals surface area contributed by atoms with Crippen LogP contribution < -0.4 is 4.90 Å². The molecule has 0 unspecified atom stereocenters. The summed E-state index contributed by atoms with van der Waals surface area (Å²) in [6.45, 7) is 2.64. The number of carbonyl (C=O) groups is 1. The van der Waals surface area contributed by atoms with Crippen molar-refractivity contribution in [1.29, 1.82) is 0 Å². The third-order valence-electron chi connectivity index (χ3n) is 5.08. The van der Waals surface area contributed by atoms with Gasteiger partial charge in [-0.1, -0.05) is 22.0 Å². The molecule has 1 aromatic heterocycles. The van der Waals surface area contributed by atoms with E-state index in [1.165, 1.54) is 12.1 Å². The van der Waals surface area contributed by atoms with Crippen LogP contribution >= 0.6 is 15.9 Å². The monoisotopic (exact) mass is 431 g/mol. The number of halogens is 2. The molecule has 27 heavy (non-hydrogen) atoms. The number of nitrogens with zero attached hydrogens (tertiary/aromatic N) is 2. The number of hydrogen-bond donors (Lipinski definition) is 2. The van der Waals surface area contributed by atoms with Gasteiger partial charge in [-0.3, -0.25) is 9.69 Å². The first-order valence-corrected chi connectivity index (χ1v) is 9.56. The maximum absolute atomic E-state index is 13.1. The molecule has 7 heteroatoms. The lowest BCUT2D eigenvalue weighted by Crippen LogP contribution is -2.49. The smallest absolute Gasteiger partial charge is 0.325 e. The number of aromatic nitrogens is 1. The van der Waals surface area contributed by atoms with Gasteiger partial charge in [-0.2, -0.15) is 0 Å². The van der Waals surface area contributed by atoms with E-state index in [4.69, 9.17) is 0 Å². The summed E-state index contributed by atoms with van der Waals surface area (Å²) in [7, 11) is 0. The molecule has 4 rings (SSSR count). The third kappa shape index (κ3) is 3.57. The molecule has 0 bridgehead atoms. The Balaban J connectivity index is 1.55. The van der Waals surface area contributed by atoms with Gasteiger partial charge in [0.2, 0.25) is 0 Å². The molecule has 0 spiro atoms. The van der Waals surface area contributed by atoms with Crippen molar-refractivity contribution in [3.63, 3.8) is 0 Å². The first-order valence-electron chi connectivity index (χ1n) is 8.77. The number of nitrogens with one attached hydrogen (secondary N) is 1. The number of rotatable bonds is 4. The predicted octanol–water partition coefficient (Wildman–Crippen LogP) is 4.02. The number of fused-ring (bicyclic) bond motifs is 1. The van der Waals surface area contributed by atoms with Crippen molar-refractivity contribution in [3.8, 4) is 0 Å². The molecule has 2 heterocycles. The second kappa shape index (κ2) is 7.32. The summed E-state index contributed by atoms with van der Waals surface area (Å²) in [5, 5.41) is 10.8. The van der Waals surface area contributed by atoms with Crippen LogP contribution in [-0.4, -0.2) is 47.1 Å². The van der Waals surface area contributed by atoms with Crippen molar-refractivity contribution >= 4 is 38.5 Å². The normalized spacial score (nSPS) is 16.6. The van der Waals surface area contributed by atoms with Crippen molar-refractivity contribution in [2.24, 2.45) is 0 Å². The number of carboxylic acids is 1. The molecule has 1 aliphatic heterocycles. The number of H-pyrrole nitrogens is 1. The molecule has 3 aromatic rings. The second-order valence-corrected chi connectivity index (χ2v) is 7.59. The highest BCUT2D eigenvalue weighted by Gasteiger charge is 2.32. The molecule has 1 fully saturated rings. The minimum atomic E-state index is -0.853. The number of anilines is 1. The average Bonchev–Trinajstić information content (AvgIpc) is 3.05. The van der Waals surface area contributed by atoms with Crippen LogP contribution in [0, 0.1) is 5.82 Å². The van der Waals surface area contributed by atoms with E-state index in [2.05, 4.69) is 25.8 Å². The van der Waals surface area contributed by atoms with E-state index in [-0.39, 0.29) is 5.82 Å². The highest BCUT2D eigenvalue weighted by Crippen LogP contribution is 2.31. The molecule has 0 aliphatic carbocycles. The largest absolute Gasteiger partial charge is 0.480 e. The van der Waals surface area contributed by atoms with Crippen LogP contribution in [0.3, 0.4) is 0 Å². The molecule has 2 aromatic carbocycles. The van der Waals surface area contributed by atoms with Crippen LogP contribution in [0.25, 0.3) is 10.9 Å². The van der Waals surface area contributed by atoms with Gasteiger partial charge in [0.1, 0.15) is 11.9 Å². The zero-order valence-electron chi connectivity index (χ0n) is 14.5. The Labute approximate surface area is 164 Å². The second-order valence-electron chi connectivity index (χ2n) is 6.67. The Bertz CT molecular complexity index is 965. The molecule has 0 radical (unpaired) electrons. The molecule has 1 aliphatic rings. The van der Waals surface area contributed by atoms with E-state index in [1.54, 1.807) is 18.3 Å². The van der Waals surface area contributed by atoms with Gasteiger partial charge < -0.3 is 15.0 Å². The van der Waals surface area contributed by atoms with Gasteiger partial charge in [0, 0.05) is 59.0 Å². The van der Waals surface area contributed by atoms with Gasteiger partial charge in [0.05, 0.1) is 0 Å². The molecule has 1 saturated heterocycles. The fourth-order valence-corrected chi connectivity index (χ4v) is 4.08. The number of aromatic amines is 1. The summed E-state index contributed by atoms with van der Waals surface area (Å²) in [5.41, 5.74) is 2.65. The Morgan fingerprint density at radius 3 is 2.48 bits per heavy atom. The summed E-state index contributed by atoms with van der Waals surface area (Å²) in [6, 6.07) is 11.5. The van der Waals surface area contributed by atoms with E-state index in [0.29, 0.717) is 26.2 Å². The highest BCUT2D eigenvalue weighted by atomic mass is 79.9. The van der Waals surface area contributed by atoms with Gasteiger partial charge in [0.15, 0.2) is 0 Å². The van der Waals surface area contributed by atoms with Crippen LogP contribution in [0.4, 0.5) is 10.1 Å². The van der Waals surface area contributed by atoms with E-state index in [1.807, 2.05) is 23.1 Å². The van der Waals surface area contributed by atoms with Crippen molar-refractivity contribution in [2.75, 3.05) is 31.1 Å². The Kier molecular flexibility index (Phi) is 4.88. The van der Waals surface area contributed by atoms with E-state index >= 15 is 0 Å².